The van der Waals surface area contributed by atoms with E-state index < -0.39 is 0 Å². The Morgan fingerprint density at radius 3 is 2.84 bits per heavy atom. The van der Waals surface area contributed by atoms with Gasteiger partial charge in [0.2, 0.25) is 0 Å². The molecule has 3 nitrogen and oxygen atoms in total. The lowest BCUT2D eigenvalue weighted by Crippen LogP contribution is -2.19. The number of hydrogen-bond donors (Lipinski definition) is 1. The number of nitrogens with zero attached hydrogens (tertiary/aromatic N) is 1. The zero-order valence-electron chi connectivity index (χ0n) is 11.1. The van der Waals surface area contributed by atoms with Gasteiger partial charge in [-0.3, -0.25) is 4.98 Å². The van der Waals surface area contributed by atoms with E-state index in [1.807, 2.05) is 38.4 Å². The van der Waals surface area contributed by atoms with Gasteiger partial charge < -0.3 is 10.1 Å². The fraction of sp³-hybridized carbons (Fsp3) is 0.267. The van der Waals surface area contributed by atoms with Crippen LogP contribution < -0.4 is 10.1 Å². The molecule has 0 fully saturated rings. The molecule has 1 aromatic heterocycles. The lowest BCUT2D eigenvalue weighted by atomic mass is 9.99. The molecule has 0 aliphatic carbocycles. The summed E-state index contributed by atoms with van der Waals surface area (Å²) >= 11 is 3.52. The summed E-state index contributed by atoms with van der Waals surface area (Å²) < 4.78 is 6.75. The zero-order chi connectivity index (χ0) is 13.7. The Bertz CT molecular complexity index is 531. The van der Waals surface area contributed by atoms with Crippen LogP contribution in [0.25, 0.3) is 0 Å². The van der Waals surface area contributed by atoms with Crippen molar-refractivity contribution < 1.29 is 4.74 Å². The van der Waals surface area contributed by atoms with E-state index in [0.29, 0.717) is 6.61 Å². The minimum Gasteiger partial charge on any atom is -0.494 e. The van der Waals surface area contributed by atoms with Gasteiger partial charge in [0.15, 0.2) is 0 Å². The van der Waals surface area contributed by atoms with Crippen LogP contribution in [0.3, 0.4) is 0 Å². The SMILES string of the molecule is CCOc1ccc(Br)cc1C(NC)c1cccnc1. The number of aromatic nitrogens is 1. The summed E-state index contributed by atoms with van der Waals surface area (Å²) in [6.07, 6.45) is 3.65. The first-order valence-electron chi connectivity index (χ1n) is 6.25. The predicted molar refractivity (Wildman–Crippen MR) is 80.5 cm³/mol. The highest BCUT2D eigenvalue weighted by Gasteiger charge is 2.17. The molecular formula is C15H17BrN2O. The molecule has 2 rings (SSSR count). The molecule has 0 radical (unpaired) electrons. The van der Waals surface area contributed by atoms with Gasteiger partial charge in [0, 0.05) is 22.4 Å². The number of hydrogen-bond acceptors (Lipinski definition) is 3. The highest BCUT2D eigenvalue weighted by atomic mass is 79.9. The average Bonchev–Trinajstić information content (AvgIpc) is 2.44. The lowest BCUT2D eigenvalue weighted by Gasteiger charge is -2.20. The second-order valence-electron chi connectivity index (χ2n) is 4.12. The van der Waals surface area contributed by atoms with Crippen LogP contribution in [-0.4, -0.2) is 18.6 Å². The zero-order valence-corrected chi connectivity index (χ0v) is 12.6. The summed E-state index contributed by atoms with van der Waals surface area (Å²) in [6.45, 7) is 2.64. The molecule has 0 saturated heterocycles. The van der Waals surface area contributed by atoms with Gasteiger partial charge in [-0.25, -0.2) is 0 Å². The second kappa shape index (κ2) is 6.68. The summed E-state index contributed by atoms with van der Waals surface area (Å²) in [4.78, 5) is 4.18. The fourth-order valence-electron chi connectivity index (χ4n) is 2.08. The Morgan fingerprint density at radius 2 is 2.21 bits per heavy atom. The molecule has 1 unspecified atom stereocenters. The average molecular weight is 321 g/mol. The first-order valence-corrected chi connectivity index (χ1v) is 7.05. The van der Waals surface area contributed by atoms with Crippen molar-refractivity contribution in [1.29, 1.82) is 0 Å². The normalized spacial score (nSPS) is 12.2. The van der Waals surface area contributed by atoms with E-state index in [4.69, 9.17) is 4.74 Å². The summed E-state index contributed by atoms with van der Waals surface area (Å²) in [5.74, 6) is 0.897. The van der Waals surface area contributed by atoms with Crippen LogP contribution in [-0.2, 0) is 0 Å². The molecule has 4 heteroatoms. The van der Waals surface area contributed by atoms with E-state index in [1.165, 1.54) is 0 Å². The summed E-state index contributed by atoms with van der Waals surface area (Å²) in [6, 6.07) is 10.1. The molecule has 0 saturated carbocycles. The molecule has 1 atom stereocenters. The van der Waals surface area contributed by atoms with Gasteiger partial charge in [0.25, 0.3) is 0 Å². The van der Waals surface area contributed by atoms with E-state index >= 15 is 0 Å². The van der Waals surface area contributed by atoms with Crippen LogP contribution in [0.5, 0.6) is 5.75 Å². The highest BCUT2D eigenvalue weighted by molar-refractivity contribution is 9.10. The lowest BCUT2D eigenvalue weighted by molar-refractivity contribution is 0.334. The van der Waals surface area contributed by atoms with Gasteiger partial charge >= 0.3 is 0 Å². The summed E-state index contributed by atoms with van der Waals surface area (Å²) in [5.41, 5.74) is 2.22. The van der Waals surface area contributed by atoms with Crippen molar-refractivity contribution in [3.8, 4) is 5.75 Å². The van der Waals surface area contributed by atoms with Crippen LogP contribution in [0.15, 0.2) is 47.2 Å². The molecule has 1 aromatic carbocycles. The quantitative estimate of drug-likeness (QED) is 0.914. The Morgan fingerprint density at radius 1 is 1.37 bits per heavy atom. The monoisotopic (exact) mass is 320 g/mol. The van der Waals surface area contributed by atoms with Gasteiger partial charge in [-0.05, 0) is 43.8 Å². The molecule has 19 heavy (non-hydrogen) atoms. The molecule has 0 spiro atoms. The topological polar surface area (TPSA) is 34.1 Å². The molecule has 0 bridgehead atoms. The van der Waals surface area contributed by atoms with Gasteiger partial charge in [0.1, 0.15) is 5.75 Å². The fourth-order valence-corrected chi connectivity index (χ4v) is 2.46. The maximum Gasteiger partial charge on any atom is 0.124 e. The van der Waals surface area contributed by atoms with Crippen molar-refractivity contribution in [3.63, 3.8) is 0 Å². The van der Waals surface area contributed by atoms with Gasteiger partial charge in [-0.1, -0.05) is 22.0 Å². The Hall–Kier alpha value is -1.39. The van der Waals surface area contributed by atoms with E-state index in [2.05, 4.69) is 38.4 Å². The first-order chi connectivity index (χ1) is 9.26. The van der Waals surface area contributed by atoms with Crippen LogP contribution in [0.1, 0.15) is 24.1 Å². The smallest absolute Gasteiger partial charge is 0.124 e. The third kappa shape index (κ3) is 3.33. The van der Waals surface area contributed by atoms with Crippen molar-refractivity contribution in [2.75, 3.05) is 13.7 Å². The number of pyridine rings is 1. The predicted octanol–water partition coefficient (Wildman–Crippen LogP) is 3.55. The minimum atomic E-state index is 0.0627. The van der Waals surface area contributed by atoms with Crippen molar-refractivity contribution >= 4 is 15.9 Å². The Labute approximate surface area is 122 Å². The number of ether oxygens (including phenoxy) is 1. The van der Waals surface area contributed by atoms with Crippen LogP contribution in [0.4, 0.5) is 0 Å². The Kier molecular flexibility index (Phi) is 4.93. The van der Waals surface area contributed by atoms with Crippen LogP contribution >= 0.6 is 15.9 Å². The third-order valence-electron chi connectivity index (χ3n) is 2.89. The minimum absolute atomic E-state index is 0.0627. The largest absolute Gasteiger partial charge is 0.494 e. The van der Waals surface area contributed by atoms with Crippen LogP contribution in [0.2, 0.25) is 0 Å². The molecular weight excluding hydrogens is 304 g/mol. The van der Waals surface area contributed by atoms with Gasteiger partial charge in [-0.2, -0.15) is 0 Å². The standard InChI is InChI=1S/C15H17BrN2O/c1-3-19-14-7-6-12(16)9-13(14)15(17-2)11-5-4-8-18-10-11/h4-10,15,17H,3H2,1-2H3. The number of nitrogens with one attached hydrogen (secondary N) is 1. The number of rotatable bonds is 5. The van der Waals surface area contributed by atoms with Crippen LogP contribution in [0, 0.1) is 0 Å². The van der Waals surface area contributed by atoms with Crippen molar-refractivity contribution in [3.05, 3.63) is 58.3 Å². The molecule has 2 aromatic rings. The second-order valence-corrected chi connectivity index (χ2v) is 5.04. The summed E-state index contributed by atoms with van der Waals surface area (Å²) in [5, 5.41) is 3.32. The van der Waals surface area contributed by atoms with Crippen molar-refractivity contribution in [2.45, 2.75) is 13.0 Å². The van der Waals surface area contributed by atoms with Crippen molar-refractivity contribution in [1.82, 2.24) is 10.3 Å². The maximum absolute atomic E-state index is 5.72. The number of benzene rings is 1. The number of halogens is 1. The summed E-state index contributed by atoms with van der Waals surface area (Å²) in [7, 11) is 1.94. The van der Waals surface area contributed by atoms with Gasteiger partial charge in [0.05, 0.1) is 12.6 Å². The maximum atomic E-state index is 5.72. The van der Waals surface area contributed by atoms with E-state index in [-0.39, 0.29) is 6.04 Å². The molecule has 0 amide bonds. The van der Waals surface area contributed by atoms with Gasteiger partial charge in [-0.15, -0.1) is 0 Å². The Balaban J connectivity index is 2.45. The third-order valence-corrected chi connectivity index (χ3v) is 3.38. The van der Waals surface area contributed by atoms with E-state index in [9.17, 15) is 0 Å². The van der Waals surface area contributed by atoms with E-state index in [1.54, 1.807) is 6.20 Å². The molecule has 100 valence electrons. The van der Waals surface area contributed by atoms with E-state index in [0.717, 1.165) is 21.3 Å². The first kappa shape index (κ1) is 14.0. The molecule has 1 N–H and O–H groups in total. The van der Waals surface area contributed by atoms with Crippen molar-refractivity contribution in [2.24, 2.45) is 0 Å². The molecule has 0 aliphatic rings. The molecule has 0 aliphatic heterocycles. The highest BCUT2D eigenvalue weighted by Crippen LogP contribution is 2.32. The molecule has 1 heterocycles.